The Morgan fingerprint density at radius 1 is 1.19 bits per heavy atom. The second-order valence-electron chi connectivity index (χ2n) is 5.94. The number of aliphatic imine (C=N–C) groups is 1. The predicted octanol–water partition coefficient (Wildman–Crippen LogP) is 3.94. The molecular formula is C20H23N3O2S. The zero-order valence-corrected chi connectivity index (χ0v) is 15.9. The van der Waals surface area contributed by atoms with Crippen LogP contribution in [0.5, 0.6) is 5.75 Å². The third-order valence-corrected chi connectivity index (χ3v) is 4.89. The lowest BCUT2D eigenvalue weighted by atomic mass is 10.2. The Labute approximate surface area is 158 Å². The number of aryl methyl sites for hydroxylation is 1. The highest BCUT2D eigenvalue weighted by molar-refractivity contribution is 8.14. The molecule has 1 amide bonds. The van der Waals surface area contributed by atoms with Crippen LogP contribution >= 0.6 is 11.8 Å². The van der Waals surface area contributed by atoms with E-state index in [0.717, 1.165) is 40.2 Å². The van der Waals surface area contributed by atoms with Gasteiger partial charge in [-0.2, -0.15) is 0 Å². The molecule has 0 fully saturated rings. The lowest BCUT2D eigenvalue weighted by Gasteiger charge is -2.23. The number of amidine groups is 1. The molecule has 1 N–H and O–H groups in total. The fourth-order valence-electron chi connectivity index (χ4n) is 2.63. The van der Waals surface area contributed by atoms with Crippen molar-refractivity contribution in [3.05, 3.63) is 54.1 Å². The Kier molecular flexibility index (Phi) is 6.17. The zero-order valence-electron chi connectivity index (χ0n) is 15.1. The van der Waals surface area contributed by atoms with Gasteiger partial charge in [-0.3, -0.25) is 9.79 Å². The number of rotatable bonds is 6. The SMILES string of the molecule is CCOc1ccc(N(CC(=O)Nc2ccc(C)cc2)C2=NCCS2)cc1. The molecule has 5 nitrogen and oxygen atoms in total. The molecule has 0 aromatic heterocycles. The van der Waals surface area contributed by atoms with Crippen LogP contribution < -0.4 is 15.0 Å². The Bertz CT molecular complexity index is 773. The fraction of sp³-hybridized carbons (Fsp3) is 0.300. The highest BCUT2D eigenvalue weighted by atomic mass is 32.2. The Balaban J connectivity index is 1.73. The molecule has 0 atom stereocenters. The number of nitrogens with one attached hydrogen (secondary N) is 1. The van der Waals surface area contributed by atoms with Crippen molar-refractivity contribution in [2.75, 3.05) is 35.7 Å². The minimum Gasteiger partial charge on any atom is -0.494 e. The van der Waals surface area contributed by atoms with E-state index in [1.165, 1.54) is 0 Å². The van der Waals surface area contributed by atoms with E-state index in [0.29, 0.717) is 6.61 Å². The molecule has 1 aliphatic heterocycles. The fourth-order valence-corrected chi connectivity index (χ4v) is 3.50. The van der Waals surface area contributed by atoms with E-state index in [2.05, 4.69) is 10.3 Å². The van der Waals surface area contributed by atoms with Gasteiger partial charge in [-0.25, -0.2) is 0 Å². The molecule has 136 valence electrons. The molecule has 26 heavy (non-hydrogen) atoms. The first-order valence-corrected chi connectivity index (χ1v) is 9.68. The van der Waals surface area contributed by atoms with Gasteiger partial charge < -0.3 is 15.0 Å². The van der Waals surface area contributed by atoms with Crippen LogP contribution in [0.1, 0.15) is 12.5 Å². The predicted molar refractivity (Wildman–Crippen MR) is 110 cm³/mol. The van der Waals surface area contributed by atoms with Crippen molar-refractivity contribution in [1.29, 1.82) is 0 Å². The maximum atomic E-state index is 12.6. The third kappa shape index (κ3) is 4.79. The highest BCUT2D eigenvalue weighted by Gasteiger charge is 2.20. The van der Waals surface area contributed by atoms with Crippen molar-refractivity contribution >= 4 is 34.2 Å². The van der Waals surface area contributed by atoms with E-state index < -0.39 is 0 Å². The van der Waals surface area contributed by atoms with Crippen LogP contribution in [-0.2, 0) is 4.79 Å². The van der Waals surface area contributed by atoms with Gasteiger partial charge in [0.2, 0.25) is 5.91 Å². The summed E-state index contributed by atoms with van der Waals surface area (Å²) in [5, 5.41) is 3.84. The van der Waals surface area contributed by atoms with Gasteiger partial charge in [0.15, 0.2) is 5.17 Å². The molecule has 0 spiro atoms. The van der Waals surface area contributed by atoms with Gasteiger partial charge in [-0.1, -0.05) is 29.5 Å². The summed E-state index contributed by atoms with van der Waals surface area (Å²) in [6, 6.07) is 15.6. The second kappa shape index (κ2) is 8.76. The summed E-state index contributed by atoms with van der Waals surface area (Å²) in [6.07, 6.45) is 0. The van der Waals surface area contributed by atoms with E-state index in [-0.39, 0.29) is 12.5 Å². The summed E-state index contributed by atoms with van der Waals surface area (Å²) >= 11 is 1.67. The number of thioether (sulfide) groups is 1. The first kappa shape index (κ1) is 18.3. The van der Waals surface area contributed by atoms with E-state index in [4.69, 9.17) is 4.74 Å². The topological polar surface area (TPSA) is 53.9 Å². The zero-order chi connectivity index (χ0) is 18.4. The summed E-state index contributed by atoms with van der Waals surface area (Å²) in [7, 11) is 0. The number of hydrogen-bond donors (Lipinski definition) is 1. The molecule has 0 aliphatic carbocycles. The quantitative estimate of drug-likeness (QED) is 0.838. The van der Waals surface area contributed by atoms with E-state index in [1.807, 2.05) is 67.3 Å². The monoisotopic (exact) mass is 369 g/mol. The van der Waals surface area contributed by atoms with Gasteiger partial charge in [-0.15, -0.1) is 0 Å². The molecule has 0 saturated heterocycles. The largest absolute Gasteiger partial charge is 0.494 e. The van der Waals surface area contributed by atoms with Crippen LogP contribution in [0.4, 0.5) is 11.4 Å². The Morgan fingerprint density at radius 3 is 2.54 bits per heavy atom. The summed E-state index contributed by atoms with van der Waals surface area (Å²) in [5.41, 5.74) is 2.89. The van der Waals surface area contributed by atoms with Crippen LogP contribution in [-0.4, -0.2) is 36.5 Å². The number of benzene rings is 2. The number of amides is 1. The van der Waals surface area contributed by atoms with Gasteiger partial charge in [0.1, 0.15) is 12.3 Å². The number of carbonyl (C=O) groups is 1. The first-order valence-electron chi connectivity index (χ1n) is 8.70. The smallest absolute Gasteiger partial charge is 0.244 e. The highest BCUT2D eigenvalue weighted by Crippen LogP contribution is 2.25. The summed E-state index contributed by atoms with van der Waals surface area (Å²) < 4.78 is 5.50. The molecule has 1 aliphatic rings. The van der Waals surface area contributed by atoms with Crippen molar-refractivity contribution in [3.63, 3.8) is 0 Å². The van der Waals surface area contributed by atoms with E-state index >= 15 is 0 Å². The number of carbonyl (C=O) groups excluding carboxylic acids is 1. The van der Waals surface area contributed by atoms with Crippen LogP contribution in [0, 0.1) is 6.92 Å². The van der Waals surface area contributed by atoms with Crippen molar-refractivity contribution in [2.24, 2.45) is 4.99 Å². The van der Waals surface area contributed by atoms with E-state index in [1.54, 1.807) is 11.8 Å². The minimum atomic E-state index is -0.0714. The van der Waals surface area contributed by atoms with Crippen LogP contribution in [0.2, 0.25) is 0 Å². The average molecular weight is 369 g/mol. The molecule has 6 heteroatoms. The molecule has 3 rings (SSSR count). The lowest BCUT2D eigenvalue weighted by molar-refractivity contribution is -0.114. The molecule has 0 bridgehead atoms. The van der Waals surface area contributed by atoms with Crippen molar-refractivity contribution in [3.8, 4) is 5.75 Å². The maximum absolute atomic E-state index is 12.6. The summed E-state index contributed by atoms with van der Waals surface area (Å²) in [5.74, 6) is 1.70. The summed E-state index contributed by atoms with van der Waals surface area (Å²) in [6.45, 7) is 5.61. The van der Waals surface area contributed by atoms with Crippen LogP contribution in [0.3, 0.4) is 0 Å². The normalized spacial score (nSPS) is 13.2. The van der Waals surface area contributed by atoms with Crippen molar-refractivity contribution in [1.82, 2.24) is 0 Å². The van der Waals surface area contributed by atoms with Gasteiger partial charge in [0.05, 0.1) is 13.2 Å². The number of nitrogens with zero attached hydrogens (tertiary/aromatic N) is 2. The first-order chi connectivity index (χ1) is 12.7. The van der Waals surface area contributed by atoms with Gasteiger partial charge >= 0.3 is 0 Å². The lowest BCUT2D eigenvalue weighted by Crippen LogP contribution is -2.36. The molecular weight excluding hydrogens is 346 g/mol. The molecule has 0 unspecified atom stereocenters. The number of anilines is 2. The average Bonchev–Trinajstić information content (AvgIpc) is 3.17. The summed E-state index contributed by atoms with van der Waals surface area (Å²) in [4.78, 5) is 19.1. The van der Waals surface area contributed by atoms with Crippen molar-refractivity contribution < 1.29 is 9.53 Å². The van der Waals surface area contributed by atoms with Gasteiger partial charge in [0.25, 0.3) is 0 Å². The molecule has 0 saturated carbocycles. The minimum absolute atomic E-state index is 0.0714. The molecule has 2 aromatic rings. The van der Waals surface area contributed by atoms with Gasteiger partial charge in [0, 0.05) is 17.1 Å². The van der Waals surface area contributed by atoms with Crippen molar-refractivity contribution in [2.45, 2.75) is 13.8 Å². The second-order valence-corrected chi connectivity index (χ2v) is 7.00. The molecule has 0 radical (unpaired) electrons. The van der Waals surface area contributed by atoms with Crippen LogP contribution in [0.25, 0.3) is 0 Å². The van der Waals surface area contributed by atoms with Crippen LogP contribution in [0.15, 0.2) is 53.5 Å². The Morgan fingerprint density at radius 2 is 1.92 bits per heavy atom. The maximum Gasteiger partial charge on any atom is 0.244 e. The third-order valence-electron chi connectivity index (χ3n) is 3.90. The van der Waals surface area contributed by atoms with E-state index in [9.17, 15) is 4.79 Å². The molecule has 2 aromatic carbocycles. The number of ether oxygens (including phenoxy) is 1. The van der Waals surface area contributed by atoms with Gasteiger partial charge in [-0.05, 0) is 50.2 Å². The number of hydrogen-bond acceptors (Lipinski definition) is 5. The molecule has 1 heterocycles. The Hall–Kier alpha value is -2.47. The standard InChI is InChI=1S/C20H23N3O2S/c1-3-25-18-10-8-17(9-11-18)23(20-21-12-13-26-20)14-19(24)22-16-6-4-15(2)5-7-16/h4-11H,3,12-14H2,1-2H3,(H,22,24).